The minimum Gasteiger partial charge on any atom is -0.667 e. The van der Waals surface area contributed by atoms with Crippen LogP contribution in [0.5, 0.6) is 0 Å². The number of carboxylic acid groups (broad SMARTS) is 1. The molecule has 6 atom stereocenters. The first-order chi connectivity index (χ1) is 12.3. The van der Waals surface area contributed by atoms with Gasteiger partial charge in [0.2, 0.25) is 0 Å². The van der Waals surface area contributed by atoms with Crippen molar-refractivity contribution in [1.29, 1.82) is 0 Å². The van der Waals surface area contributed by atoms with Gasteiger partial charge in [0.15, 0.2) is 0 Å². The van der Waals surface area contributed by atoms with E-state index in [1.165, 1.54) is 7.11 Å². The van der Waals surface area contributed by atoms with Crippen molar-refractivity contribution >= 4 is 5.97 Å². The molecule has 5 nitrogen and oxygen atoms in total. The minimum absolute atomic E-state index is 0.00262. The maximum absolute atomic E-state index is 12.4. The van der Waals surface area contributed by atoms with Crippen LogP contribution in [0.15, 0.2) is 23.4 Å². The Morgan fingerprint density at radius 3 is 2.88 bits per heavy atom. The normalized spacial score (nSPS) is 45.6. The molecule has 2 bridgehead atoms. The number of allylic oxidation sites excluding steroid dienone is 1. The quantitative estimate of drug-likeness (QED) is 0.870. The number of rotatable bonds is 3. The maximum Gasteiger partial charge on any atom is 0.334 e. The number of carboxylic acids is 1. The van der Waals surface area contributed by atoms with Crippen LogP contribution in [0.3, 0.4) is 0 Å². The lowest BCUT2D eigenvalue weighted by atomic mass is 9.43. The van der Waals surface area contributed by atoms with Gasteiger partial charge in [-0.1, -0.05) is 25.5 Å². The Morgan fingerprint density at radius 1 is 1.42 bits per heavy atom. The third-order valence-electron chi connectivity index (χ3n) is 8.43. The van der Waals surface area contributed by atoms with Crippen LogP contribution in [-0.2, 0) is 16.0 Å². The zero-order chi connectivity index (χ0) is 18.5. The summed E-state index contributed by atoms with van der Waals surface area (Å²) in [4.78, 5) is 17.0. The van der Waals surface area contributed by atoms with Crippen molar-refractivity contribution in [3.8, 4) is 0 Å². The van der Waals surface area contributed by atoms with Gasteiger partial charge in [0.05, 0.1) is 12.2 Å². The van der Waals surface area contributed by atoms with Gasteiger partial charge in [0, 0.05) is 18.4 Å². The second-order valence-corrected chi connectivity index (χ2v) is 9.14. The van der Waals surface area contributed by atoms with Crippen LogP contribution < -0.4 is 4.98 Å². The van der Waals surface area contributed by atoms with E-state index in [-0.39, 0.29) is 28.9 Å². The van der Waals surface area contributed by atoms with Gasteiger partial charge in [-0.15, -0.1) is 0 Å². The molecule has 2 N–H and O–H groups in total. The molecule has 1 aromatic rings. The molecule has 0 aliphatic heterocycles. The molecule has 0 amide bonds. The Hall–Kier alpha value is -1.59. The summed E-state index contributed by atoms with van der Waals surface area (Å²) < 4.78 is 5.39. The number of aliphatic carboxylic acids is 1. The molecule has 2 fully saturated rings. The van der Waals surface area contributed by atoms with E-state index in [1.54, 1.807) is 0 Å². The van der Waals surface area contributed by atoms with Crippen molar-refractivity contribution < 1.29 is 19.7 Å². The van der Waals surface area contributed by atoms with E-state index in [9.17, 15) is 15.0 Å². The smallest absolute Gasteiger partial charge is 0.334 e. The van der Waals surface area contributed by atoms with Crippen molar-refractivity contribution in [3.05, 3.63) is 34.7 Å². The Morgan fingerprint density at radius 2 is 2.19 bits per heavy atom. The van der Waals surface area contributed by atoms with Crippen molar-refractivity contribution in [3.63, 3.8) is 0 Å². The zero-order valence-corrected chi connectivity index (χ0v) is 15.6. The maximum atomic E-state index is 12.4. The number of aromatic nitrogens is 1. The Bertz CT molecular complexity index is 841. The molecule has 0 aromatic carbocycles. The highest BCUT2D eigenvalue weighted by Gasteiger charge is 2.76. The average molecular weight is 356 g/mol. The summed E-state index contributed by atoms with van der Waals surface area (Å²) in [5, 5.41) is 22.0. The second-order valence-electron chi connectivity index (χ2n) is 9.14. The Balaban J connectivity index is 1.90. The molecule has 5 heteroatoms. The van der Waals surface area contributed by atoms with Crippen LogP contribution in [0.2, 0.25) is 0 Å². The molecule has 4 aliphatic rings. The number of aliphatic hydroxyl groups is 1. The average Bonchev–Trinajstić information content (AvgIpc) is 3.13. The summed E-state index contributed by atoms with van der Waals surface area (Å²) in [6.45, 7) is 4.58. The van der Waals surface area contributed by atoms with E-state index < -0.39 is 11.6 Å². The van der Waals surface area contributed by atoms with E-state index >= 15 is 0 Å². The molecule has 2 saturated carbocycles. The molecule has 0 radical (unpaired) electrons. The van der Waals surface area contributed by atoms with Crippen molar-refractivity contribution in [2.75, 3.05) is 13.7 Å². The van der Waals surface area contributed by atoms with Crippen LogP contribution in [0.25, 0.3) is 0 Å². The highest BCUT2D eigenvalue weighted by atomic mass is 16.5. The standard InChI is InChI=1S/C21H26NO4/c1-11-4-5-12-8-14-16(18(23)24)20(25,10-26-3)17-13-6-7-22-15(13)9-19(12,2)21(11,14)17/h6-7,11-12,17,25H,4-5,8-10H2,1-3H3,(H,23,24)/q-1/t11-,12-,17-,19+,20+,21+/m1/s1. The van der Waals surface area contributed by atoms with Crippen molar-refractivity contribution in [2.45, 2.75) is 51.0 Å². The molecule has 4 aliphatic carbocycles. The molecule has 0 unspecified atom stereocenters. The fourth-order valence-corrected chi connectivity index (χ4v) is 7.78. The number of nitrogens with zero attached hydrogens (tertiary/aromatic N) is 1. The highest BCUT2D eigenvalue weighted by molar-refractivity contribution is 5.93. The van der Waals surface area contributed by atoms with E-state index in [2.05, 4.69) is 18.8 Å². The molecule has 0 saturated heterocycles. The Kier molecular flexibility index (Phi) is 3.07. The molecule has 26 heavy (non-hydrogen) atoms. The lowest BCUT2D eigenvalue weighted by molar-refractivity contribution is -0.140. The van der Waals surface area contributed by atoms with Crippen LogP contribution in [0.4, 0.5) is 0 Å². The van der Waals surface area contributed by atoms with Crippen molar-refractivity contribution in [2.24, 2.45) is 22.7 Å². The number of hydrogen-bond donors (Lipinski definition) is 2. The fourth-order valence-electron chi connectivity index (χ4n) is 7.78. The molecular formula is C21H26NO4-. The predicted octanol–water partition coefficient (Wildman–Crippen LogP) is 2.50. The molecule has 1 aromatic heterocycles. The number of carbonyl (C=O) groups is 1. The van der Waals surface area contributed by atoms with Gasteiger partial charge in [-0.3, -0.25) is 0 Å². The van der Waals surface area contributed by atoms with E-state index in [4.69, 9.17) is 4.74 Å². The third-order valence-corrected chi connectivity index (χ3v) is 8.43. The van der Waals surface area contributed by atoms with Gasteiger partial charge in [-0.05, 0) is 48.5 Å². The summed E-state index contributed by atoms with van der Waals surface area (Å²) in [5.74, 6) is -0.490. The number of fused-ring (bicyclic) bond motifs is 2. The number of methoxy groups -OCH3 is 1. The molecule has 5 rings (SSSR count). The van der Waals surface area contributed by atoms with Gasteiger partial charge in [0.1, 0.15) is 5.60 Å². The summed E-state index contributed by atoms with van der Waals surface area (Å²) in [6.07, 6.45) is 5.68. The first kappa shape index (κ1) is 16.6. The highest BCUT2D eigenvalue weighted by Crippen LogP contribution is 2.80. The number of hydrogen-bond acceptors (Lipinski definition) is 3. The van der Waals surface area contributed by atoms with E-state index in [0.29, 0.717) is 11.8 Å². The first-order valence-corrected chi connectivity index (χ1v) is 9.61. The number of ether oxygens (including phenoxy) is 1. The fraction of sp³-hybridized carbons (Fsp3) is 0.667. The zero-order valence-electron chi connectivity index (χ0n) is 15.6. The van der Waals surface area contributed by atoms with Crippen LogP contribution in [0, 0.1) is 22.7 Å². The summed E-state index contributed by atoms with van der Waals surface area (Å²) in [5.41, 5.74) is 1.41. The molecule has 1 heterocycles. The van der Waals surface area contributed by atoms with Gasteiger partial charge in [0.25, 0.3) is 0 Å². The Labute approximate surface area is 153 Å². The van der Waals surface area contributed by atoms with Gasteiger partial charge in [-0.25, -0.2) is 4.79 Å². The van der Waals surface area contributed by atoms with Crippen molar-refractivity contribution in [1.82, 2.24) is 4.98 Å². The monoisotopic (exact) mass is 356 g/mol. The molecule has 140 valence electrons. The lowest BCUT2D eigenvalue weighted by Crippen LogP contribution is -2.58. The van der Waals surface area contributed by atoms with Crippen LogP contribution >= 0.6 is 0 Å². The largest absolute Gasteiger partial charge is 0.667 e. The van der Waals surface area contributed by atoms with E-state index in [0.717, 1.165) is 42.5 Å². The summed E-state index contributed by atoms with van der Waals surface area (Å²) in [7, 11) is 1.53. The minimum atomic E-state index is -1.50. The van der Waals surface area contributed by atoms with Crippen LogP contribution in [-0.4, -0.2) is 35.5 Å². The second kappa shape index (κ2) is 4.82. The molecular weight excluding hydrogens is 330 g/mol. The lowest BCUT2D eigenvalue weighted by Gasteiger charge is -2.61. The topological polar surface area (TPSA) is 80.9 Å². The third kappa shape index (κ3) is 1.48. The SMILES string of the molecule is COC[C@]1(O)C(C(=O)O)=C2C[C@H]3CC[C@@H](C)[C@@]24[C@@H]1c1cc[n-]c1C[C@@]34C. The first-order valence-electron chi connectivity index (χ1n) is 9.61. The van der Waals surface area contributed by atoms with Gasteiger partial charge in [-0.2, -0.15) is 11.9 Å². The predicted molar refractivity (Wildman–Crippen MR) is 94.7 cm³/mol. The molecule has 1 spiro atoms. The van der Waals surface area contributed by atoms with Gasteiger partial charge >= 0.3 is 5.97 Å². The van der Waals surface area contributed by atoms with Crippen LogP contribution in [0.1, 0.15) is 50.3 Å². The van der Waals surface area contributed by atoms with E-state index in [1.807, 2.05) is 12.3 Å². The summed E-state index contributed by atoms with van der Waals surface area (Å²) in [6, 6.07) is 1.99. The van der Waals surface area contributed by atoms with Gasteiger partial charge < -0.3 is 19.9 Å². The summed E-state index contributed by atoms with van der Waals surface area (Å²) >= 11 is 0.